The SMILES string of the molecule is CN(C(=O)c1ccon1)C1(CC(=O)O)CCCCC1. The summed E-state index contributed by atoms with van der Waals surface area (Å²) in [6.45, 7) is 0. The van der Waals surface area contributed by atoms with Gasteiger partial charge in [0.05, 0.1) is 12.0 Å². The fraction of sp³-hybridized carbons (Fsp3) is 0.615. The molecule has 0 unspecified atom stereocenters. The third kappa shape index (κ3) is 2.77. The minimum Gasteiger partial charge on any atom is -0.481 e. The zero-order valence-corrected chi connectivity index (χ0v) is 11.0. The molecule has 1 N–H and O–H groups in total. The second kappa shape index (κ2) is 5.42. The summed E-state index contributed by atoms with van der Waals surface area (Å²) >= 11 is 0. The zero-order chi connectivity index (χ0) is 13.9. The molecular weight excluding hydrogens is 248 g/mol. The molecule has 1 aliphatic rings. The lowest BCUT2D eigenvalue weighted by molar-refractivity contribution is -0.140. The molecule has 6 heteroatoms. The van der Waals surface area contributed by atoms with Gasteiger partial charge in [0.1, 0.15) is 6.26 Å². The Labute approximate surface area is 111 Å². The maximum Gasteiger partial charge on any atom is 0.305 e. The monoisotopic (exact) mass is 266 g/mol. The van der Waals surface area contributed by atoms with E-state index in [1.165, 1.54) is 17.2 Å². The van der Waals surface area contributed by atoms with E-state index in [1.807, 2.05) is 0 Å². The average molecular weight is 266 g/mol. The molecule has 1 aromatic rings. The van der Waals surface area contributed by atoms with Crippen LogP contribution in [0, 0.1) is 0 Å². The number of carboxylic acid groups (broad SMARTS) is 1. The average Bonchev–Trinajstić information content (AvgIpc) is 2.91. The summed E-state index contributed by atoms with van der Waals surface area (Å²) in [5.74, 6) is -1.15. The smallest absolute Gasteiger partial charge is 0.305 e. The molecule has 0 atom stereocenters. The lowest BCUT2D eigenvalue weighted by Gasteiger charge is -2.43. The molecule has 0 spiro atoms. The molecule has 0 saturated heterocycles. The summed E-state index contributed by atoms with van der Waals surface area (Å²) in [5.41, 5.74) is -0.377. The first-order valence-corrected chi connectivity index (χ1v) is 6.45. The van der Waals surface area contributed by atoms with E-state index < -0.39 is 11.5 Å². The molecule has 1 aromatic heterocycles. The van der Waals surface area contributed by atoms with Gasteiger partial charge in [-0.25, -0.2) is 0 Å². The molecule has 0 aromatic carbocycles. The van der Waals surface area contributed by atoms with Crippen LogP contribution < -0.4 is 0 Å². The molecular formula is C13H18N2O4. The first-order valence-electron chi connectivity index (χ1n) is 6.45. The van der Waals surface area contributed by atoms with E-state index in [1.54, 1.807) is 7.05 Å². The molecule has 0 bridgehead atoms. The predicted octanol–water partition coefficient (Wildman–Crippen LogP) is 1.92. The Morgan fingerprint density at radius 3 is 2.63 bits per heavy atom. The van der Waals surface area contributed by atoms with Gasteiger partial charge in [0.25, 0.3) is 5.91 Å². The van der Waals surface area contributed by atoms with E-state index >= 15 is 0 Å². The van der Waals surface area contributed by atoms with Crippen LogP contribution >= 0.6 is 0 Å². The van der Waals surface area contributed by atoms with Gasteiger partial charge in [0.15, 0.2) is 5.69 Å². The van der Waals surface area contributed by atoms with Crippen LogP contribution in [-0.2, 0) is 4.79 Å². The van der Waals surface area contributed by atoms with Crippen molar-refractivity contribution in [2.45, 2.75) is 44.1 Å². The van der Waals surface area contributed by atoms with Gasteiger partial charge in [-0.15, -0.1) is 0 Å². The number of carboxylic acids is 1. The van der Waals surface area contributed by atoms with Gasteiger partial charge < -0.3 is 14.5 Å². The highest BCUT2D eigenvalue weighted by atomic mass is 16.5. The van der Waals surface area contributed by atoms with Crippen molar-refractivity contribution < 1.29 is 19.2 Å². The second-order valence-electron chi connectivity index (χ2n) is 5.10. The molecule has 0 aliphatic heterocycles. The summed E-state index contributed by atoms with van der Waals surface area (Å²) in [7, 11) is 1.66. The van der Waals surface area contributed by atoms with Gasteiger partial charge in [-0.2, -0.15) is 0 Å². The molecule has 1 saturated carbocycles. The van der Waals surface area contributed by atoms with Gasteiger partial charge in [0, 0.05) is 13.1 Å². The van der Waals surface area contributed by atoms with Crippen molar-refractivity contribution in [2.24, 2.45) is 0 Å². The Morgan fingerprint density at radius 2 is 2.11 bits per heavy atom. The van der Waals surface area contributed by atoms with Crippen LogP contribution in [0.1, 0.15) is 49.0 Å². The van der Waals surface area contributed by atoms with Crippen LogP contribution in [0.25, 0.3) is 0 Å². The first-order chi connectivity index (χ1) is 9.05. The molecule has 1 fully saturated rings. The largest absolute Gasteiger partial charge is 0.481 e. The molecule has 1 amide bonds. The molecule has 1 aliphatic carbocycles. The normalized spacial score (nSPS) is 17.9. The highest BCUT2D eigenvalue weighted by Gasteiger charge is 2.41. The van der Waals surface area contributed by atoms with E-state index in [2.05, 4.69) is 9.68 Å². The predicted molar refractivity (Wildman–Crippen MR) is 66.7 cm³/mol. The third-order valence-corrected chi connectivity index (χ3v) is 3.94. The van der Waals surface area contributed by atoms with Crippen molar-refractivity contribution in [1.29, 1.82) is 0 Å². The molecule has 0 radical (unpaired) electrons. The lowest BCUT2D eigenvalue weighted by atomic mass is 9.78. The molecule has 19 heavy (non-hydrogen) atoms. The highest BCUT2D eigenvalue weighted by Crippen LogP contribution is 2.36. The van der Waals surface area contributed by atoms with Crippen LogP contribution in [0.2, 0.25) is 0 Å². The Kier molecular flexibility index (Phi) is 3.87. The Morgan fingerprint density at radius 1 is 1.42 bits per heavy atom. The van der Waals surface area contributed by atoms with Gasteiger partial charge in [0.2, 0.25) is 0 Å². The van der Waals surface area contributed by atoms with E-state index in [0.717, 1.165) is 32.1 Å². The molecule has 6 nitrogen and oxygen atoms in total. The van der Waals surface area contributed by atoms with Crippen molar-refractivity contribution >= 4 is 11.9 Å². The number of nitrogens with zero attached hydrogens (tertiary/aromatic N) is 2. The number of aromatic nitrogens is 1. The Bertz CT molecular complexity index is 449. The van der Waals surface area contributed by atoms with Gasteiger partial charge in [-0.3, -0.25) is 9.59 Å². The number of aliphatic carboxylic acids is 1. The van der Waals surface area contributed by atoms with Crippen molar-refractivity contribution in [2.75, 3.05) is 7.05 Å². The molecule has 1 heterocycles. The van der Waals surface area contributed by atoms with E-state index in [9.17, 15) is 9.59 Å². The minimum atomic E-state index is -0.873. The zero-order valence-electron chi connectivity index (χ0n) is 11.0. The maximum atomic E-state index is 12.3. The minimum absolute atomic E-state index is 0.0207. The van der Waals surface area contributed by atoms with E-state index in [-0.39, 0.29) is 18.0 Å². The van der Waals surface area contributed by atoms with Crippen molar-refractivity contribution in [3.8, 4) is 0 Å². The Balaban J connectivity index is 2.22. The topological polar surface area (TPSA) is 83.6 Å². The number of carbonyl (C=O) groups excluding carboxylic acids is 1. The highest BCUT2D eigenvalue weighted by molar-refractivity contribution is 5.92. The van der Waals surface area contributed by atoms with E-state index in [4.69, 9.17) is 5.11 Å². The number of hydrogen-bond donors (Lipinski definition) is 1. The summed E-state index contributed by atoms with van der Waals surface area (Å²) in [4.78, 5) is 25.0. The lowest BCUT2D eigenvalue weighted by Crippen LogP contribution is -2.52. The quantitative estimate of drug-likeness (QED) is 0.900. The molecule has 104 valence electrons. The van der Waals surface area contributed by atoms with Crippen molar-refractivity contribution in [3.63, 3.8) is 0 Å². The number of carbonyl (C=O) groups is 2. The fourth-order valence-electron chi connectivity index (χ4n) is 2.83. The first kappa shape index (κ1) is 13.6. The van der Waals surface area contributed by atoms with Gasteiger partial charge in [-0.05, 0) is 12.8 Å². The van der Waals surface area contributed by atoms with E-state index in [0.29, 0.717) is 0 Å². The molecule has 2 rings (SSSR count). The number of amides is 1. The van der Waals surface area contributed by atoms with Crippen LogP contribution in [-0.4, -0.2) is 39.6 Å². The Hall–Kier alpha value is -1.85. The number of rotatable bonds is 4. The fourth-order valence-corrected chi connectivity index (χ4v) is 2.83. The summed E-state index contributed by atoms with van der Waals surface area (Å²) in [6, 6.07) is 1.50. The standard InChI is InChI=1S/C13H18N2O4/c1-15(12(18)10-5-8-19-14-10)13(9-11(16)17)6-3-2-4-7-13/h5,8H,2-4,6-7,9H2,1H3,(H,16,17). The summed E-state index contributed by atoms with van der Waals surface area (Å²) in [6.07, 6.45) is 5.75. The van der Waals surface area contributed by atoms with Gasteiger partial charge >= 0.3 is 5.97 Å². The van der Waals surface area contributed by atoms with Crippen molar-refractivity contribution in [1.82, 2.24) is 10.1 Å². The van der Waals surface area contributed by atoms with Crippen molar-refractivity contribution in [3.05, 3.63) is 18.0 Å². The van der Waals surface area contributed by atoms with Crippen LogP contribution in [0.5, 0.6) is 0 Å². The summed E-state index contributed by atoms with van der Waals surface area (Å²) < 4.78 is 4.67. The van der Waals surface area contributed by atoms with Crippen LogP contribution in [0.4, 0.5) is 0 Å². The number of hydrogen-bond acceptors (Lipinski definition) is 4. The third-order valence-electron chi connectivity index (χ3n) is 3.94. The van der Waals surface area contributed by atoms with Gasteiger partial charge in [-0.1, -0.05) is 24.4 Å². The second-order valence-corrected chi connectivity index (χ2v) is 5.10. The van der Waals surface area contributed by atoms with Crippen LogP contribution in [0.15, 0.2) is 16.9 Å². The summed E-state index contributed by atoms with van der Waals surface area (Å²) in [5, 5.41) is 12.7. The maximum absolute atomic E-state index is 12.3. The van der Waals surface area contributed by atoms with Crippen LogP contribution in [0.3, 0.4) is 0 Å².